The lowest BCUT2D eigenvalue weighted by molar-refractivity contribution is -0.309. The molecule has 0 aliphatic rings. The number of para-hydroxylation sites is 1. The second kappa shape index (κ2) is 9.73. The molecule has 4 N–H and O–H groups in total. The summed E-state index contributed by atoms with van der Waals surface area (Å²) in [6.45, 7) is 6.16. The number of thioether (sulfide) groups is 1. The van der Waals surface area contributed by atoms with Crippen LogP contribution < -0.4 is 10.5 Å². The molecule has 0 aliphatic heterocycles. The summed E-state index contributed by atoms with van der Waals surface area (Å²) in [5.74, 6) is 0.253. The lowest BCUT2D eigenvalue weighted by Gasteiger charge is -2.11. The lowest BCUT2D eigenvalue weighted by atomic mass is 10.1. The summed E-state index contributed by atoms with van der Waals surface area (Å²) in [5.41, 5.74) is 6.65. The molecule has 0 unspecified atom stereocenters. The van der Waals surface area contributed by atoms with Gasteiger partial charge >= 0.3 is 0 Å². The van der Waals surface area contributed by atoms with Crippen molar-refractivity contribution in [2.75, 3.05) is 12.4 Å². The van der Waals surface area contributed by atoms with Gasteiger partial charge in [-0.3, -0.25) is 9.36 Å². The standard InChI is InChI=1S/C24H22N6O2S/c1-3-32-17-10-8-16(9-11-17)30-23(20-13-27-21-7-5-4-6-18(20)21)28-29-24(30)33-14-22(31)19(12-25)15(2)26/h4-11,13,19,27H,2-3,14,26H2,1H3/p+1/t19-/m0/s1. The number of aromatic amines is 1. The Morgan fingerprint density at radius 1 is 1.27 bits per heavy atom. The maximum Gasteiger partial charge on any atom is 0.196 e. The van der Waals surface area contributed by atoms with E-state index in [-0.39, 0.29) is 17.2 Å². The van der Waals surface area contributed by atoms with Crippen molar-refractivity contribution in [3.63, 3.8) is 0 Å². The highest BCUT2D eigenvalue weighted by Crippen LogP contribution is 2.33. The monoisotopic (exact) mass is 459 g/mol. The molecule has 2 aromatic carbocycles. The van der Waals surface area contributed by atoms with E-state index >= 15 is 0 Å². The van der Waals surface area contributed by atoms with Crippen LogP contribution in [0.5, 0.6) is 5.75 Å². The maximum absolute atomic E-state index is 12.5. The minimum Gasteiger partial charge on any atom is -0.494 e. The Hall–Kier alpha value is -3.87. The predicted molar refractivity (Wildman–Crippen MR) is 127 cm³/mol. The van der Waals surface area contributed by atoms with Gasteiger partial charge in [-0.05, 0) is 43.8 Å². The second-order valence-corrected chi connectivity index (χ2v) is 8.23. The van der Waals surface area contributed by atoms with Gasteiger partial charge in [0.05, 0.1) is 18.4 Å². The molecule has 0 spiro atoms. The van der Waals surface area contributed by atoms with Crippen molar-refractivity contribution in [3.8, 4) is 28.9 Å². The zero-order valence-electron chi connectivity index (χ0n) is 18.1. The van der Waals surface area contributed by atoms with E-state index in [4.69, 9.17) is 4.74 Å². The minimum absolute atomic E-state index is 0.0514. The molecule has 166 valence electrons. The molecule has 0 aliphatic carbocycles. The van der Waals surface area contributed by atoms with Crippen LogP contribution in [0.25, 0.3) is 28.0 Å². The number of carbonyl (C=O) groups excluding carboxylic acids is 1. The molecule has 0 radical (unpaired) electrons. The molecule has 2 heterocycles. The van der Waals surface area contributed by atoms with E-state index < -0.39 is 5.92 Å². The smallest absolute Gasteiger partial charge is 0.196 e. The van der Waals surface area contributed by atoms with Crippen LogP contribution in [0.3, 0.4) is 0 Å². The summed E-state index contributed by atoms with van der Waals surface area (Å²) in [6.07, 6.45) is 1.90. The topological polar surface area (TPSA) is 124 Å². The average Bonchev–Trinajstić information content (AvgIpc) is 3.42. The van der Waals surface area contributed by atoms with E-state index in [0.717, 1.165) is 27.9 Å². The predicted octanol–water partition coefficient (Wildman–Crippen LogP) is 3.37. The van der Waals surface area contributed by atoms with Gasteiger partial charge in [0.1, 0.15) is 11.4 Å². The number of ether oxygens (including phenoxy) is 1. The second-order valence-electron chi connectivity index (χ2n) is 7.29. The first-order chi connectivity index (χ1) is 16.0. The number of carbonyl (C=O) groups is 1. The van der Waals surface area contributed by atoms with Crippen molar-refractivity contribution in [2.45, 2.75) is 12.1 Å². The van der Waals surface area contributed by atoms with E-state index in [1.54, 1.807) is 0 Å². The Labute approximate surface area is 195 Å². The number of Topliss-reactive ketones (excluding diaryl/α,β-unsaturated/α-hetero) is 1. The maximum atomic E-state index is 12.5. The van der Waals surface area contributed by atoms with E-state index in [1.165, 1.54) is 11.8 Å². The molecule has 0 saturated carbocycles. The summed E-state index contributed by atoms with van der Waals surface area (Å²) < 4.78 is 7.47. The van der Waals surface area contributed by atoms with Crippen LogP contribution in [0, 0.1) is 17.2 Å². The molecule has 8 nitrogen and oxygen atoms in total. The molecular weight excluding hydrogens is 436 g/mol. The largest absolute Gasteiger partial charge is 0.494 e. The highest BCUT2D eigenvalue weighted by atomic mass is 32.2. The highest BCUT2D eigenvalue weighted by Gasteiger charge is 2.24. The number of nitrogens with one attached hydrogen (secondary N) is 1. The molecule has 33 heavy (non-hydrogen) atoms. The number of nitrogens with zero attached hydrogens (tertiary/aromatic N) is 4. The van der Waals surface area contributed by atoms with Gasteiger partial charge < -0.3 is 15.5 Å². The van der Waals surface area contributed by atoms with E-state index in [1.807, 2.05) is 72.3 Å². The number of ketones is 1. The molecule has 4 aromatic rings. The van der Waals surface area contributed by atoms with Gasteiger partial charge in [-0.2, -0.15) is 5.26 Å². The van der Waals surface area contributed by atoms with Crippen LogP contribution in [-0.2, 0) is 4.79 Å². The van der Waals surface area contributed by atoms with Gasteiger partial charge in [0.15, 0.2) is 22.7 Å². The number of aromatic nitrogens is 4. The van der Waals surface area contributed by atoms with Crippen LogP contribution in [0.15, 0.2) is 72.2 Å². The normalized spacial score (nSPS) is 11.8. The molecule has 4 rings (SSSR count). The summed E-state index contributed by atoms with van der Waals surface area (Å²) >= 11 is 1.23. The molecule has 2 aromatic heterocycles. The van der Waals surface area contributed by atoms with E-state index in [0.29, 0.717) is 17.6 Å². The number of rotatable bonds is 9. The Morgan fingerprint density at radius 2 is 2.03 bits per heavy atom. The van der Waals surface area contributed by atoms with Crippen molar-refractivity contribution in [1.82, 2.24) is 19.7 Å². The van der Waals surface area contributed by atoms with Gasteiger partial charge in [0, 0.05) is 28.4 Å². The number of hydrogen-bond acceptors (Lipinski definition) is 6. The van der Waals surface area contributed by atoms with Crippen molar-refractivity contribution in [2.24, 2.45) is 5.92 Å². The van der Waals surface area contributed by atoms with Gasteiger partial charge in [0.25, 0.3) is 0 Å². The first kappa shape index (κ1) is 22.3. The number of allylic oxidation sites excluding steroid dienone is 1. The third-order valence-corrected chi connectivity index (χ3v) is 6.02. The summed E-state index contributed by atoms with van der Waals surface area (Å²) in [5, 5.41) is 19.7. The van der Waals surface area contributed by atoms with Crippen molar-refractivity contribution < 1.29 is 15.3 Å². The van der Waals surface area contributed by atoms with Crippen LogP contribution in [0.2, 0.25) is 0 Å². The summed E-state index contributed by atoms with van der Waals surface area (Å²) in [4.78, 5) is 15.8. The quantitative estimate of drug-likeness (QED) is 0.370. The van der Waals surface area contributed by atoms with E-state index in [2.05, 4.69) is 27.5 Å². The fraction of sp³-hybridized carbons (Fsp3) is 0.167. The van der Waals surface area contributed by atoms with Gasteiger partial charge in [0.2, 0.25) is 0 Å². The van der Waals surface area contributed by atoms with Crippen molar-refractivity contribution in [3.05, 3.63) is 67.0 Å². The van der Waals surface area contributed by atoms with Crippen LogP contribution in [0.1, 0.15) is 6.92 Å². The fourth-order valence-corrected chi connectivity index (χ4v) is 4.35. The van der Waals surface area contributed by atoms with E-state index in [9.17, 15) is 10.1 Å². The van der Waals surface area contributed by atoms with Gasteiger partial charge in [-0.1, -0.05) is 30.0 Å². The van der Waals surface area contributed by atoms with Crippen molar-refractivity contribution in [1.29, 1.82) is 5.26 Å². The first-order valence-electron chi connectivity index (χ1n) is 10.3. The Bertz CT molecular complexity index is 1350. The average molecular weight is 460 g/mol. The Balaban J connectivity index is 1.75. The Morgan fingerprint density at radius 3 is 2.73 bits per heavy atom. The number of H-pyrrole nitrogens is 1. The molecule has 9 heteroatoms. The summed E-state index contributed by atoms with van der Waals surface area (Å²) in [6, 6.07) is 17.5. The number of benzene rings is 2. The molecule has 0 bridgehead atoms. The number of hydrogen-bond donors (Lipinski definition) is 2. The van der Waals surface area contributed by atoms with Crippen LogP contribution in [0.4, 0.5) is 0 Å². The van der Waals surface area contributed by atoms with Crippen LogP contribution in [-0.4, -0.2) is 37.9 Å². The van der Waals surface area contributed by atoms with Crippen LogP contribution >= 0.6 is 11.8 Å². The molecule has 0 fully saturated rings. The van der Waals surface area contributed by atoms with Gasteiger partial charge in [-0.15, -0.1) is 10.2 Å². The summed E-state index contributed by atoms with van der Waals surface area (Å²) in [7, 11) is 0. The molecule has 0 amide bonds. The highest BCUT2D eigenvalue weighted by molar-refractivity contribution is 7.99. The number of quaternary nitrogens is 1. The lowest BCUT2D eigenvalue weighted by Crippen LogP contribution is -2.51. The third-order valence-electron chi connectivity index (χ3n) is 5.07. The SMILES string of the molecule is C=C([NH3+])[C@H](C#N)C(=O)CSc1nnc(-c2c[nH]c3ccccc23)n1-c1ccc(OCC)cc1. The minimum atomic E-state index is -0.938. The van der Waals surface area contributed by atoms with Crippen molar-refractivity contribution >= 4 is 28.4 Å². The molecular formula is C24H23N6O2S+. The number of fused-ring (bicyclic) bond motifs is 1. The zero-order chi connectivity index (χ0) is 23.4. The molecule has 0 saturated heterocycles. The third kappa shape index (κ3) is 4.53. The fourth-order valence-electron chi connectivity index (χ4n) is 3.50. The Kier molecular flexibility index (Phi) is 6.58. The number of nitriles is 1. The van der Waals surface area contributed by atoms with Gasteiger partial charge in [-0.25, -0.2) is 0 Å². The molecule has 1 atom stereocenters. The zero-order valence-corrected chi connectivity index (χ0v) is 18.9. The first-order valence-corrected chi connectivity index (χ1v) is 11.3.